The van der Waals surface area contributed by atoms with Crippen LogP contribution in [0, 0.1) is 6.92 Å². The predicted octanol–water partition coefficient (Wildman–Crippen LogP) is 1.38. The minimum atomic E-state index is 0.794. The lowest BCUT2D eigenvalue weighted by molar-refractivity contribution is 0.962. The van der Waals surface area contributed by atoms with E-state index >= 15 is 0 Å². The molecule has 0 aromatic carbocycles. The molecular weight excluding hydrogens is 132 g/mol. The average Bonchev–Trinajstić information content (AvgIpc) is 1.90. The molecule has 2 nitrogen and oxygen atoms in total. The van der Waals surface area contributed by atoms with Gasteiger partial charge < -0.3 is 0 Å². The van der Waals surface area contributed by atoms with Gasteiger partial charge in [0.1, 0.15) is 0 Å². The number of rotatable bonds is 1. The zero-order valence-electron chi connectivity index (χ0n) is 5.16. The van der Waals surface area contributed by atoms with Gasteiger partial charge in [0, 0.05) is 12.4 Å². The third kappa shape index (κ3) is 1.68. The first-order valence-electron chi connectivity index (χ1n) is 2.51. The minimum Gasteiger partial charge on any atom is -0.231 e. The molecule has 0 spiro atoms. The molecule has 1 aromatic heterocycles. The lowest BCUT2D eigenvalue weighted by atomic mass is 10.4. The van der Waals surface area contributed by atoms with Gasteiger partial charge in [0.2, 0.25) is 0 Å². The standard InChI is InChI=1S/C6H7N2S/c1-5-3-7-6(9-2)8-4-5/h3-4H,1H2,2H3. The Morgan fingerprint density at radius 2 is 2.00 bits per heavy atom. The summed E-state index contributed by atoms with van der Waals surface area (Å²) in [4.78, 5) is 7.97. The maximum absolute atomic E-state index is 3.99. The summed E-state index contributed by atoms with van der Waals surface area (Å²) in [6, 6.07) is 0. The molecule has 0 saturated carbocycles. The molecule has 0 aliphatic heterocycles. The van der Waals surface area contributed by atoms with Gasteiger partial charge in [-0.1, -0.05) is 11.8 Å². The van der Waals surface area contributed by atoms with Gasteiger partial charge in [-0.25, -0.2) is 9.97 Å². The van der Waals surface area contributed by atoms with Crippen LogP contribution in [0.3, 0.4) is 0 Å². The van der Waals surface area contributed by atoms with Crippen LogP contribution in [0.25, 0.3) is 0 Å². The molecule has 1 rings (SSSR count). The molecule has 0 saturated heterocycles. The quantitative estimate of drug-likeness (QED) is 0.434. The Kier molecular flexibility index (Phi) is 2.05. The van der Waals surface area contributed by atoms with E-state index in [1.807, 2.05) is 6.26 Å². The first-order valence-corrected chi connectivity index (χ1v) is 3.73. The predicted molar refractivity (Wildman–Crippen MR) is 38.3 cm³/mol. The van der Waals surface area contributed by atoms with Crippen molar-refractivity contribution in [3.63, 3.8) is 0 Å². The van der Waals surface area contributed by atoms with Crippen molar-refractivity contribution in [1.29, 1.82) is 0 Å². The molecule has 0 atom stereocenters. The smallest absolute Gasteiger partial charge is 0.187 e. The highest BCUT2D eigenvalue weighted by molar-refractivity contribution is 7.98. The molecule has 3 heteroatoms. The number of hydrogen-bond acceptors (Lipinski definition) is 3. The molecule has 0 aliphatic carbocycles. The third-order valence-electron chi connectivity index (χ3n) is 0.864. The molecule has 0 unspecified atom stereocenters. The summed E-state index contributed by atoms with van der Waals surface area (Å²) < 4.78 is 0. The highest BCUT2D eigenvalue weighted by atomic mass is 32.2. The Morgan fingerprint density at radius 3 is 2.44 bits per heavy atom. The molecular formula is C6H7N2S. The summed E-state index contributed by atoms with van der Waals surface area (Å²) in [5.41, 5.74) is 0.854. The summed E-state index contributed by atoms with van der Waals surface area (Å²) in [5.74, 6) is 0. The van der Waals surface area contributed by atoms with Crippen molar-refractivity contribution < 1.29 is 0 Å². The topological polar surface area (TPSA) is 25.8 Å². The van der Waals surface area contributed by atoms with Gasteiger partial charge in [0.05, 0.1) is 0 Å². The lowest BCUT2D eigenvalue weighted by Crippen LogP contribution is -1.84. The van der Waals surface area contributed by atoms with E-state index in [-0.39, 0.29) is 0 Å². The number of aromatic nitrogens is 2. The highest BCUT2D eigenvalue weighted by Gasteiger charge is 1.88. The fourth-order valence-electron chi connectivity index (χ4n) is 0.448. The Bertz CT molecular complexity index is 183. The van der Waals surface area contributed by atoms with E-state index in [1.165, 1.54) is 11.8 Å². The second kappa shape index (κ2) is 2.82. The fraction of sp³-hybridized carbons (Fsp3) is 0.167. The van der Waals surface area contributed by atoms with Crippen molar-refractivity contribution >= 4 is 11.8 Å². The van der Waals surface area contributed by atoms with Crippen LogP contribution >= 0.6 is 11.8 Å². The van der Waals surface area contributed by atoms with Crippen LogP contribution in [0.4, 0.5) is 0 Å². The monoisotopic (exact) mass is 139 g/mol. The van der Waals surface area contributed by atoms with Crippen molar-refractivity contribution in [2.75, 3.05) is 6.26 Å². The van der Waals surface area contributed by atoms with Gasteiger partial charge in [0.25, 0.3) is 0 Å². The van der Waals surface area contributed by atoms with Crippen LogP contribution in [0.2, 0.25) is 0 Å². The van der Waals surface area contributed by atoms with Gasteiger partial charge in [-0.15, -0.1) is 0 Å². The van der Waals surface area contributed by atoms with E-state index in [1.54, 1.807) is 12.4 Å². The molecule has 1 heterocycles. The Balaban J connectivity index is 2.88. The zero-order valence-corrected chi connectivity index (χ0v) is 5.98. The molecule has 0 aliphatic rings. The molecule has 0 fully saturated rings. The summed E-state index contributed by atoms with van der Waals surface area (Å²) in [6.07, 6.45) is 5.36. The van der Waals surface area contributed by atoms with Crippen LogP contribution in [0.1, 0.15) is 5.56 Å². The summed E-state index contributed by atoms with van der Waals surface area (Å²) in [6.45, 7) is 3.66. The van der Waals surface area contributed by atoms with E-state index < -0.39 is 0 Å². The molecule has 0 bridgehead atoms. The maximum Gasteiger partial charge on any atom is 0.187 e. The zero-order chi connectivity index (χ0) is 6.69. The minimum absolute atomic E-state index is 0.794. The van der Waals surface area contributed by atoms with Crippen molar-refractivity contribution in [2.24, 2.45) is 0 Å². The molecule has 1 aromatic rings. The van der Waals surface area contributed by atoms with Crippen molar-refractivity contribution in [3.05, 3.63) is 24.9 Å². The molecule has 0 amide bonds. The lowest BCUT2D eigenvalue weighted by Gasteiger charge is -1.91. The van der Waals surface area contributed by atoms with Crippen molar-refractivity contribution in [3.8, 4) is 0 Å². The Hall–Kier alpha value is -0.570. The van der Waals surface area contributed by atoms with E-state index in [4.69, 9.17) is 0 Å². The number of nitrogens with zero attached hydrogens (tertiary/aromatic N) is 2. The van der Waals surface area contributed by atoms with Gasteiger partial charge in [-0.3, -0.25) is 0 Å². The van der Waals surface area contributed by atoms with E-state index in [2.05, 4.69) is 16.9 Å². The molecule has 47 valence electrons. The van der Waals surface area contributed by atoms with Gasteiger partial charge >= 0.3 is 0 Å². The highest BCUT2D eigenvalue weighted by Crippen LogP contribution is 2.05. The number of hydrogen-bond donors (Lipinski definition) is 0. The average molecular weight is 139 g/mol. The Labute approximate surface area is 58.7 Å². The van der Waals surface area contributed by atoms with Crippen molar-refractivity contribution in [2.45, 2.75) is 5.16 Å². The van der Waals surface area contributed by atoms with Crippen molar-refractivity contribution in [1.82, 2.24) is 9.97 Å². The van der Waals surface area contributed by atoms with Crippen LogP contribution in [-0.4, -0.2) is 16.2 Å². The summed E-state index contributed by atoms with van der Waals surface area (Å²) in [5, 5.41) is 0.794. The normalized spacial score (nSPS) is 9.56. The first-order chi connectivity index (χ1) is 4.33. The fourth-order valence-corrected chi connectivity index (χ4v) is 0.765. The molecule has 9 heavy (non-hydrogen) atoms. The van der Waals surface area contributed by atoms with Crippen LogP contribution in [0.5, 0.6) is 0 Å². The second-order valence-corrected chi connectivity index (χ2v) is 2.35. The largest absolute Gasteiger partial charge is 0.231 e. The maximum atomic E-state index is 3.99. The van der Waals surface area contributed by atoms with Crippen LogP contribution in [-0.2, 0) is 0 Å². The van der Waals surface area contributed by atoms with Gasteiger partial charge in [-0.2, -0.15) is 0 Å². The van der Waals surface area contributed by atoms with Crippen LogP contribution in [0.15, 0.2) is 17.6 Å². The van der Waals surface area contributed by atoms with E-state index in [9.17, 15) is 0 Å². The summed E-state index contributed by atoms with van der Waals surface area (Å²) >= 11 is 1.53. The number of thioether (sulfide) groups is 1. The summed E-state index contributed by atoms with van der Waals surface area (Å²) in [7, 11) is 0. The van der Waals surface area contributed by atoms with E-state index in [0.29, 0.717) is 0 Å². The Morgan fingerprint density at radius 1 is 1.44 bits per heavy atom. The SMILES string of the molecule is [CH2]c1cnc(SC)nc1. The third-order valence-corrected chi connectivity index (χ3v) is 1.44. The second-order valence-electron chi connectivity index (χ2n) is 1.58. The molecule has 1 radical (unpaired) electrons. The first kappa shape index (κ1) is 6.55. The van der Waals surface area contributed by atoms with Gasteiger partial charge in [-0.05, 0) is 18.7 Å². The van der Waals surface area contributed by atoms with E-state index in [0.717, 1.165) is 10.7 Å². The van der Waals surface area contributed by atoms with Crippen LogP contribution < -0.4 is 0 Å². The van der Waals surface area contributed by atoms with Gasteiger partial charge in [0.15, 0.2) is 5.16 Å². The molecule has 0 N–H and O–H groups in total.